The van der Waals surface area contributed by atoms with Crippen molar-refractivity contribution in [2.45, 2.75) is 6.92 Å². The highest BCUT2D eigenvalue weighted by atomic mass is 35.5. The number of nitrogens with two attached hydrogens (primary N) is 1. The molecule has 0 unspecified atom stereocenters. The fraction of sp³-hybridized carbons (Fsp3) is 0.125. The summed E-state index contributed by atoms with van der Waals surface area (Å²) in [6.07, 6.45) is 0. The van der Waals surface area contributed by atoms with E-state index in [1.165, 1.54) is 12.1 Å². The molecular weight excluding hydrogens is 178 g/mol. The van der Waals surface area contributed by atoms with Crippen molar-refractivity contribution in [3.8, 4) is 0 Å². The summed E-state index contributed by atoms with van der Waals surface area (Å²) in [6, 6.07) is 2.92. The standard InChI is InChI=1S/C8H8ClNO2/c1-4-6(8(11)12)2-5(10)3-7(4)9/h2-3H,10H2,1H3,(H,11,12). The fourth-order valence-electron chi connectivity index (χ4n) is 0.922. The summed E-state index contributed by atoms with van der Waals surface area (Å²) in [7, 11) is 0. The average molecular weight is 186 g/mol. The zero-order valence-corrected chi connectivity index (χ0v) is 7.22. The van der Waals surface area contributed by atoms with Crippen LogP contribution in [0, 0.1) is 6.92 Å². The van der Waals surface area contributed by atoms with E-state index in [-0.39, 0.29) is 5.56 Å². The lowest BCUT2D eigenvalue weighted by Gasteiger charge is -2.03. The van der Waals surface area contributed by atoms with E-state index < -0.39 is 5.97 Å². The molecule has 3 nitrogen and oxygen atoms in total. The second-order valence-corrected chi connectivity index (χ2v) is 2.89. The highest BCUT2D eigenvalue weighted by Crippen LogP contribution is 2.22. The average Bonchev–Trinajstić information content (AvgIpc) is 1.96. The maximum absolute atomic E-state index is 10.6. The number of carbonyl (C=O) groups is 1. The lowest BCUT2D eigenvalue weighted by molar-refractivity contribution is 0.0696. The molecule has 0 spiro atoms. The molecule has 12 heavy (non-hydrogen) atoms. The van der Waals surface area contributed by atoms with E-state index >= 15 is 0 Å². The molecule has 0 aliphatic heterocycles. The summed E-state index contributed by atoms with van der Waals surface area (Å²) in [5.41, 5.74) is 6.48. The number of halogens is 1. The van der Waals surface area contributed by atoms with Crippen LogP contribution in [0.1, 0.15) is 15.9 Å². The molecule has 4 heteroatoms. The Kier molecular flexibility index (Phi) is 2.24. The molecule has 0 amide bonds. The van der Waals surface area contributed by atoms with E-state index in [4.69, 9.17) is 22.4 Å². The predicted molar refractivity (Wildman–Crippen MR) is 47.6 cm³/mol. The van der Waals surface area contributed by atoms with Gasteiger partial charge in [-0.2, -0.15) is 0 Å². The third-order valence-electron chi connectivity index (χ3n) is 1.60. The smallest absolute Gasteiger partial charge is 0.336 e. The van der Waals surface area contributed by atoms with Crippen molar-refractivity contribution in [3.05, 3.63) is 28.3 Å². The molecule has 0 heterocycles. The number of benzene rings is 1. The quantitative estimate of drug-likeness (QED) is 0.658. The van der Waals surface area contributed by atoms with Crippen molar-refractivity contribution < 1.29 is 9.90 Å². The summed E-state index contributed by atoms with van der Waals surface area (Å²) in [4.78, 5) is 10.6. The first-order valence-electron chi connectivity index (χ1n) is 3.31. The van der Waals surface area contributed by atoms with E-state index in [0.29, 0.717) is 16.3 Å². The van der Waals surface area contributed by atoms with Crippen LogP contribution in [0.2, 0.25) is 5.02 Å². The van der Waals surface area contributed by atoms with Gasteiger partial charge in [0.05, 0.1) is 5.56 Å². The minimum atomic E-state index is -1.01. The van der Waals surface area contributed by atoms with Gasteiger partial charge >= 0.3 is 5.97 Å². The maximum Gasteiger partial charge on any atom is 0.336 e. The Morgan fingerprint density at radius 2 is 2.17 bits per heavy atom. The Morgan fingerprint density at radius 3 is 2.67 bits per heavy atom. The number of anilines is 1. The van der Waals surface area contributed by atoms with Gasteiger partial charge in [0, 0.05) is 10.7 Å². The van der Waals surface area contributed by atoms with E-state index in [1.807, 2.05) is 0 Å². The van der Waals surface area contributed by atoms with Crippen molar-refractivity contribution in [2.24, 2.45) is 0 Å². The minimum absolute atomic E-state index is 0.153. The Morgan fingerprint density at radius 1 is 1.58 bits per heavy atom. The van der Waals surface area contributed by atoms with Gasteiger partial charge < -0.3 is 10.8 Å². The van der Waals surface area contributed by atoms with E-state index in [1.54, 1.807) is 6.92 Å². The first kappa shape index (κ1) is 8.87. The predicted octanol–water partition coefficient (Wildman–Crippen LogP) is 1.93. The molecule has 1 aromatic rings. The molecule has 64 valence electrons. The molecule has 0 aliphatic carbocycles. The molecule has 3 N–H and O–H groups in total. The Balaban J connectivity index is 3.37. The van der Waals surface area contributed by atoms with E-state index in [0.717, 1.165) is 0 Å². The van der Waals surface area contributed by atoms with Gasteiger partial charge in [0.2, 0.25) is 0 Å². The fourth-order valence-corrected chi connectivity index (χ4v) is 1.15. The topological polar surface area (TPSA) is 63.3 Å². The second-order valence-electron chi connectivity index (χ2n) is 2.48. The Hall–Kier alpha value is -1.22. The van der Waals surface area contributed by atoms with Crippen LogP contribution in [0.15, 0.2) is 12.1 Å². The molecule has 1 aromatic carbocycles. The monoisotopic (exact) mass is 185 g/mol. The van der Waals surface area contributed by atoms with Crippen LogP contribution in [0.3, 0.4) is 0 Å². The molecule has 0 atom stereocenters. The molecule has 0 aliphatic rings. The lowest BCUT2D eigenvalue weighted by Crippen LogP contribution is -2.01. The molecule has 1 rings (SSSR count). The first-order chi connectivity index (χ1) is 5.52. The lowest BCUT2D eigenvalue weighted by atomic mass is 10.1. The van der Waals surface area contributed by atoms with Crippen molar-refractivity contribution >= 4 is 23.3 Å². The van der Waals surface area contributed by atoms with Gasteiger partial charge in [0.1, 0.15) is 0 Å². The molecule has 0 saturated carbocycles. The van der Waals surface area contributed by atoms with Gasteiger partial charge in [0.15, 0.2) is 0 Å². The van der Waals surface area contributed by atoms with Crippen LogP contribution < -0.4 is 5.73 Å². The van der Waals surface area contributed by atoms with Crippen molar-refractivity contribution in [3.63, 3.8) is 0 Å². The molecule has 0 fully saturated rings. The van der Waals surface area contributed by atoms with Gasteiger partial charge in [-0.25, -0.2) is 4.79 Å². The number of nitrogen functional groups attached to an aromatic ring is 1. The first-order valence-corrected chi connectivity index (χ1v) is 3.69. The SMILES string of the molecule is Cc1c(Cl)cc(N)cc1C(=O)O. The van der Waals surface area contributed by atoms with Crippen molar-refractivity contribution in [1.29, 1.82) is 0 Å². The molecule has 0 radical (unpaired) electrons. The summed E-state index contributed by atoms with van der Waals surface area (Å²) >= 11 is 5.72. The van der Waals surface area contributed by atoms with Crippen LogP contribution in [-0.4, -0.2) is 11.1 Å². The Bertz CT molecular complexity index is 336. The second kappa shape index (κ2) is 3.03. The van der Waals surface area contributed by atoms with Crippen LogP contribution in [0.25, 0.3) is 0 Å². The highest BCUT2D eigenvalue weighted by molar-refractivity contribution is 6.32. The molecule has 0 saturated heterocycles. The largest absolute Gasteiger partial charge is 0.478 e. The number of hydrogen-bond donors (Lipinski definition) is 2. The zero-order valence-electron chi connectivity index (χ0n) is 6.47. The van der Waals surface area contributed by atoms with Gasteiger partial charge in [-0.05, 0) is 24.6 Å². The molecule has 0 bridgehead atoms. The van der Waals surface area contributed by atoms with Crippen molar-refractivity contribution in [1.82, 2.24) is 0 Å². The summed E-state index contributed by atoms with van der Waals surface area (Å²) in [5, 5.41) is 9.08. The summed E-state index contributed by atoms with van der Waals surface area (Å²) < 4.78 is 0. The Labute approximate surface area is 74.8 Å². The number of rotatable bonds is 1. The maximum atomic E-state index is 10.6. The normalized spacial score (nSPS) is 9.83. The third kappa shape index (κ3) is 1.51. The van der Waals surface area contributed by atoms with Crippen molar-refractivity contribution in [2.75, 3.05) is 5.73 Å². The minimum Gasteiger partial charge on any atom is -0.478 e. The number of aromatic carboxylic acids is 1. The van der Waals surface area contributed by atoms with Gasteiger partial charge in [-0.3, -0.25) is 0 Å². The molecule has 0 aromatic heterocycles. The van der Waals surface area contributed by atoms with Crippen LogP contribution in [-0.2, 0) is 0 Å². The number of hydrogen-bond acceptors (Lipinski definition) is 2. The number of carboxylic acid groups (broad SMARTS) is 1. The highest BCUT2D eigenvalue weighted by Gasteiger charge is 2.10. The summed E-state index contributed by atoms with van der Waals surface area (Å²) in [6.45, 7) is 1.64. The third-order valence-corrected chi connectivity index (χ3v) is 1.99. The number of carboxylic acids is 1. The van der Waals surface area contributed by atoms with E-state index in [2.05, 4.69) is 0 Å². The summed E-state index contributed by atoms with van der Waals surface area (Å²) in [5.74, 6) is -1.01. The van der Waals surface area contributed by atoms with Gasteiger partial charge in [0.25, 0.3) is 0 Å². The molecular formula is C8H8ClNO2. The van der Waals surface area contributed by atoms with Gasteiger partial charge in [-0.1, -0.05) is 11.6 Å². The van der Waals surface area contributed by atoms with Crippen LogP contribution in [0.5, 0.6) is 0 Å². The van der Waals surface area contributed by atoms with Crippen LogP contribution in [0.4, 0.5) is 5.69 Å². The van der Waals surface area contributed by atoms with E-state index in [9.17, 15) is 4.79 Å². The van der Waals surface area contributed by atoms with Crippen LogP contribution >= 0.6 is 11.6 Å². The zero-order chi connectivity index (χ0) is 9.30. The van der Waals surface area contributed by atoms with Gasteiger partial charge in [-0.15, -0.1) is 0 Å².